The molecule has 1 rings (SSSR count). The molecular formula is C11H16ClFN2O4S. The monoisotopic (exact) mass is 326 g/mol. The maximum Gasteiger partial charge on any atom is 0.342 e. The number of halogens is 2. The fourth-order valence-electron chi connectivity index (χ4n) is 1.41. The molecule has 1 aromatic rings. The van der Waals surface area contributed by atoms with E-state index in [0.29, 0.717) is 13.0 Å². The SMILES string of the molecule is COC(=O)c1c(F)cccc1S(=O)(=O)NCCCN.Cl. The lowest BCUT2D eigenvalue weighted by Gasteiger charge is -2.10. The Hall–Kier alpha value is -1.22. The van der Waals surface area contributed by atoms with Crippen LogP contribution in [0.15, 0.2) is 23.1 Å². The Morgan fingerprint density at radius 3 is 2.65 bits per heavy atom. The van der Waals surface area contributed by atoms with Gasteiger partial charge in [0.2, 0.25) is 10.0 Å². The summed E-state index contributed by atoms with van der Waals surface area (Å²) >= 11 is 0. The van der Waals surface area contributed by atoms with Crippen LogP contribution >= 0.6 is 12.4 Å². The van der Waals surface area contributed by atoms with Gasteiger partial charge < -0.3 is 10.5 Å². The van der Waals surface area contributed by atoms with E-state index in [4.69, 9.17) is 5.73 Å². The molecule has 0 aromatic heterocycles. The number of carbonyl (C=O) groups excluding carboxylic acids is 1. The van der Waals surface area contributed by atoms with Crippen LogP contribution in [0.3, 0.4) is 0 Å². The topological polar surface area (TPSA) is 98.5 Å². The molecular weight excluding hydrogens is 311 g/mol. The lowest BCUT2D eigenvalue weighted by molar-refractivity contribution is 0.0590. The number of sulfonamides is 1. The number of nitrogens with two attached hydrogens (primary N) is 1. The summed E-state index contributed by atoms with van der Waals surface area (Å²) < 4.78 is 44.2. The fraction of sp³-hybridized carbons (Fsp3) is 0.364. The molecule has 20 heavy (non-hydrogen) atoms. The number of nitrogens with one attached hydrogen (secondary N) is 1. The molecule has 0 aliphatic rings. The third kappa shape index (κ3) is 4.41. The van der Waals surface area contributed by atoms with Gasteiger partial charge in [0.05, 0.1) is 12.0 Å². The van der Waals surface area contributed by atoms with Gasteiger partial charge in [-0.1, -0.05) is 6.07 Å². The molecule has 1 aromatic carbocycles. The zero-order valence-electron chi connectivity index (χ0n) is 10.8. The van der Waals surface area contributed by atoms with Crippen LogP contribution in [-0.4, -0.2) is 34.6 Å². The first-order chi connectivity index (χ1) is 8.94. The minimum absolute atomic E-state index is 0. The first-order valence-corrected chi connectivity index (χ1v) is 6.99. The zero-order valence-corrected chi connectivity index (χ0v) is 12.4. The van der Waals surface area contributed by atoms with E-state index < -0.39 is 32.3 Å². The van der Waals surface area contributed by atoms with Crippen LogP contribution in [0.25, 0.3) is 0 Å². The summed E-state index contributed by atoms with van der Waals surface area (Å²) in [7, 11) is -2.94. The largest absolute Gasteiger partial charge is 0.465 e. The van der Waals surface area contributed by atoms with Crippen molar-refractivity contribution < 1.29 is 22.3 Å². The van der Waals surface area contributed by atoms with Gasteiger partial charge in [0.1, 0.15) is 11.4 Å². The molecule has 3 N–H and O–H groups in total. The van der Waals surface area contributed by atoms with Crippen molar-refractivity contribution in [3.63, 3.8) is 0 Å². The van der Waals surface area contributed by atoms with Crippen molar-refractivity contribution in [2.24, 2.45) is 5.73 Å². The van der Waals surface area contributed by atoms with E-state index in [-0.39, 0.29) is 19.0 Å². The fourth-order valence-corrected chi connectivity index (χ4v) is 2.69. The summed E-state index contributed by atoms with van der Waals surface area (Å²) in [5.74, 6) is -1.99. The van der Waals surface area contributed by atoms with E-state index in [1.807, 2.05) is 0 Å². The minimum Gasteiger partial charge on any atom is -0.465 e. The van der Waals surface area contributed by atoms with Gasteiger partial charge in [-0.3, -0.25) is 0 Å². The highest BCUT2D eigenvalue weighted by Crippen LogP contribution is 2.19. The Balaban J connectivity index is 0.00000361. The van der Waals surface area contributed by atoms with Gasteiger partial charge in [-0.25, -0.2) is 22.3 Å². The van der Waals surface area contributed by atoms with Crippen LogP contribution in [-0.2, 0) is 14.8 Å². The van der Waals surface area contributed by atoms with Gasteiger partial charge in [0.15, 0.2) is 0 Å². The third-order valence-electron chi connectivity index (χ3n) is 2.33. The van der Waals surface area contributed by atoms with Gasteiger partial charge in [-0.2, -0.15) is 0 Å². The van der Waals surface area contributed by atoms with E-state index in [0.717, 1.165) is 19.2 Å². The highest BCUT2D eigenvalue weighted by molar-refractivity contribution is 7.89. The number of hydrogen-bond acceptors (Lipinski definition) is 5. The second kappa shape index (κ2) is 8.15. The number of rotatable bonds is 6. The van der Waals surface area contributed by atoms with Crippen molar-refractivity contribution in [3.05, 3.63) is 29.6 Å². The molecule has 114 valence electrons. The molecule has 0 amide bonds. The second-order valence-corrected chi connectivity index (χ2v) is 5.38. The molecule has 0 heterocycles. The van der Waals surface area contributed by atoms with Crippen LogP contribution in [0.5, 0.6) is 0 Å². The van der Waals surface area contributed by atoms with E-state index >= 15 is 0 Å². The summed E-state index contributed by atoms with van der Waals surface area (Å²) in [6.45, 7) is 0.422. The number of ether oxygens (including phenoxy) is 1. The molecule has 0 bridgehead atoms. The number of benzene rings is 1. The van der Waals surface area contributed by atoms with Gasteiger partial charge in [0.25, 0.3) is 0 Å². The van der Waals surface area contributed by atoms with Crippen molar-refractivity contribution in [2.75, 3.05) is 20.2 Å². The average Bonchev–Trinajstić information content (AvgIpc) is 2.37. The van der Waals surface area contributed by atoms with Crippen molar-refractivity contribution in [3.8, 4) is 0 Å². The third-order valence-corrected chi connectivity index (χ3v) is 3.83. The Kier molecular flexibility index (Phi) is 7.66. The Bertz CT molecular complexity index is 566. The molecule has 0 saturated carbocycles. The molecule has 0 saturated heterocycles. The van der Waals surface area contributed by atoms with Crippen LogP contribution in [0.2, 0.25) is 0 Å². The Morgan fingerprint density at radius 2 is 2.10 bits per heavy atom. The van der Waals surface area contributed by atoms with Gasteiger partial charge in [0, 0.05) is 6.54 Å². The predicted octanol–water partition coefficient (Wildman–Crippen LogP) is 0.661. The van der Waals surface area contributed by atoms with Gasteiger partial charge in [-0.05, 0) is 25.1 Å². The minimum atomic E-state index is -3.99. The highest BCUT2D eigenvalue weighted by atomic mass is 35.5. The van der Waals surface area contributed by atoms with Crippen LogP contribution in [0.1, 0.15) is 16.8 Å². The molecule has 6 nitrogen and oxygen atoms in total. The maximum atomic E-state index is 13.6. The van der Waals surface area contributed by atoms with Crippen LogP contribution in [0.4, 0.5) is 4.39 Å². The van der Waals surface area contributed by atoms with Crippen molar-refractivity contribution in [2.45, 2.75) is 11.3 Å². The molecule has 0 atom stereocenters. The van der Waals surface area contributed by atoms with E-state index in [2.05, 4.69) is 9.46 Å². The molecule has 0 spiro atoms. The standard InChI is InChI=1S/C11H15FN2O4S.ClH/c1-18-11(15)10-8(12)4-2-5-9(10)19(16,17)14-7-3-6-13;/h2,4-5,14H,3,6-7,13H2,1H3;1H. The molecule has 0 unspecified atom stereocenters. The average molecular weight is 327 g/mol. The normalized spacial score (nSPS) is 10.8. The highest BCUT2D eigenvalue weighted by Gasteiger charge is 2.25. The number of esters is 1. The summed E-state index contributed by atoms with van der Waals surface area (Å²) in [5.41, 5.74) is 4.65. The summed E-state index contributed by atoms with van der Waals surface area (Å²) in [4.78, 5) is 11.0. The maximum absolute atomic E-state index is 13.6. The first kappa shape index (κ1) is 18.8. The Morgan fingerprint density at radius 1 is 1.45 bits per heavy atom. The van der Waals surface area contributed by atoms with E-state index in [9.17, 15) is 17.6 Å². The van der Waals surface area contributed by atoms with Crippen molar-refractivity contribution in [1.82, 2.24) is 4.72 Å². The molecule has 9 heteroatoms. The van der Waals surface area contributed by atoms with E-state index in [1.165, 1.54) is 6.07 Å². The predicted molar refractivity (Wildman–Crippen MR) is 73.8 cm³/mol. The summed E-state index contributed by atoms with van der Waals surface area (Å²) in [6.07, 6.45) is 0.433. The Labute approximate surface area is 123 Å². The van der Waals surface area contributed by atoms with Gasteiger partial charge in [-0.15, -0.1) is 12.4 Å². The van der Waals surface area contributed by atoms with Crippen LogP contribution in [0, 0.1) is 5.82 Å². The molecule has 0 fully saturated rings. The lowest BCUT2D eigenvalue weighted by atomic mass is 10.2. The smallest absolute Gasteiger partial charge is 0.342 e. The first-order valence-electron chi connectivity index (χ1n) is 5.50. The lowest BCUT2D eigenvalue weighted by Crippen LogP contribution is -2.28. The van der Waals surface area contributed by atoms with Crippen molar-refractivity contribution in [1.29, 1.82) is 0 Å². The van der Waals surface area contributed by atoms with Crippen LogP contribution < -0.4 is 10.5 Å². The molecule has 0 aliphatic heterocycles. The molecule has 0 aliphatic carbocycles. The van der Waals surface area contributed by atoms with Crippen molar-refractivity contribution >= 4 is 28.4 Å². The van der Waals surface area contributed by atoms with Gasteiger partial charge >= 0.3 is 5.97 Å². The number of methoxy groups -OCH3 is 1. The summed E-state index contributed by atoms with van der Waals surface area (Å²) in [6, 6.07) is 3.34. The number of hydrogen-bond donors (Lipinski definition) is 2. The number of carbonyl (C=O) groups is 1. The summed E-state index contributed by atoms with van der Waals surface area (Å²) in [5, 5.41) is 0. The zero-order chi connectivity index (χ0) is 14.5. The quantitative estimate of drug-likeness (QED) is 0.591. The second-order valence-electron chi connectivity index (χ2n) is 3.64. The van der Waals surface area contributed by atoms with E-state index in [1.54, 1.807) is 0 Å². The molecule has 0 radical (unpaired) electrons.